The smallest absolute Gasteiger partial charge is 0.236 e. The van der Waals surface area contributed by atoms with E-state index in [0.29, 0.717) is 12.3 Å². The van der Waals surface area contributed by atoms with E-state index in [1.165, 1.54) is 12.8 Å². The predicted octanol–water partition coefficient (Wildman–Crippen LogP) is 3.90. The molecular formula is C17H22N2O2S. The number of aromatic nitrogens is 1. The number of rotatable bonds is 7. The molecule has 1 fully saturated rings. The van der Waals surface area contributed by atoms with Crippen LogP contribution in [0.4, 0.5) is 0 Å². The summed E-state index contributed by atoms with van der Waals surface area (Å²) in [5, 5.41) is 2.00. The van der Waals surface area contributed by atoms with Gasteiger partial charge in [-0.15, -0.1) is 11.3 Å². The van der Waals surface area contributed by atoms with Crippen LogP contribution in [0.3, 0.4) is 0 Å². The van der Waals surface area contributed by atoms with Crippen molar-refractivity contribution in [1.82, 2.24) is 9.88 Å². The molecular weight excluding hydrogens is 296 g/mol. The number of nitrogens with zero attached hydrogens (tertiary/aromatic N) is 2. The van der Waals surface area contributed by atoms with Gasteiger partial charge in [0.05, 0.1) is 17.0 Å². The average molecular weight is 318 g/mol. The zero-order valence-corrected chi connectivity index (χ0v) is 14.0. The van der Waals surface area contributed by atoms with Crippen molar-refractivity contribution in [2.45, 2.75) is 39.5 Å². The minimum atomic E-state index is 0.169. The Bertz CT molecular complexity index is 629. The Morgan fingerprint density at radius 3 is 2.95 bits per heavy atom. The van der Waals surface area contributed by atoms with Crippen LogP contribution in [-0.2, 0) is 11.2 Å². The Balaban J connectivity index is 1.69. The maximum Gasteiger partial charge on any atom is 0.236 e. The van der Waals surface area contributed by atoms with Crippen LogP contribution in [-0.4, -0.2) is 28.9 Å². The summed E-state index contributed by atoms with van der Waals surface area (Å²) < 4.78 is 5.72. The SMILES string of the molecule is CCCN(CC1CC1)C(=O)Cc1nc(-c2cccs2)oc1C. The van der Waals surface area contributed by atoms with E-state index >= 15 is 0 Å². The fourth-order valence-corrected chi connectivity index (χ4v) is 3.20. The molecule has 0 N–H and O–H groups in total. The molecule has 1 aliphatic rings. The summed E-state index contributed by atoms with van der Waals surface area (Å²) in [6, 6.07) is 3.96. The molecule has 1 aliphatic carbocycles. The molecule has 4 nitrogen and oxygen atoms in total. The van der Waals surface area contributed by atoms with E-state index in [2.05, 4.69) is 11.9 Å². The topological polar surface area (TPSA) is 46.3 Å². The van der Waals surface area contributed by atoms with E-state index in [1.54, 1.807) is 11.3 Å². The van der Waals surface area contributed by atoms with Gasteiger partial charge in [-0.3, -0.25) is 4.79 Å². The van der Waals surface area contributed by atoms with Crippen LogP contribution in [0, 0.1) is 12.8 Å². The highest BCUT2D eigenvalue weighted by molar-refractivity contribution is 7.13. The van der Waals surface area contributed by atoms with Crippen LogP contribution >= 0.6 is 11.3 Å². The summed E-state index contributed by atoms with van der Waals surface area (Å²) in [5.41, 5.74) is 0.769. The van der Waals surface area contributed by atoms with E-state index in [1.807, 2.05) is 29.3 Å². The summed E-state index contributed by atoms with van der Waals surface area (Å²) in [7, 11) is 0. The second kappa shape index (κ2) is 6.65. The molecule has 0 radical (unpaired) electrons. The van der Waals surface area contributed by atoms with Crippen molar-refractivity contribution < 1.29 is 9.21 Å². The lowest BCUT2D eigenvalue weighted by Gasteiger charge is -2.21. The summed E-state index contributed by atoms with van der Waals surface area (Å²) in [6.07, 6.45) is 3.86. The third kappa shape index (κ3) is 3.58. The maximum absolute atomic E-state index is 12.6. The molecule has 0 bridgehead atoms. The second-order valence-electron chi connectivity index (χ2n) is 5.96. The van der Waals surface area contributed by atoms with Gasteiger partial charge in [-0.05, 0) is 43.6 Å². The van der Waals surface area contributed by atoms with Crippen molar-refractivity contribution in [3.05, 3.63) is 29.0 Å². The lowest BCUT2D eigenvalue weighted by atomic mass is 10.2. The van der Waals surface area contributed by atoms with Crippen LogP contribution < -0.4 is 0 Å². The lowest BCUT2D eigenvalue weighted by molar-refractivity contribution is -0.130. The third-order valence-corrected chi connectivity index (χ3v) is 4.82. The standard InChI is InChI=1S/C17H22N2O2S/c1-3-8-19(11-13-6-7-13)16(20)10-14-12(2)21-17(18-14)15-5-4-9-22-15/h4-5,9,13H,3,6-8,10-11H2,1-2H3. The van der Waals surface area contributed by atoms with E-state index in [4.69, 9.17) is 4.42 Å². The number of carbonyl (C=O) groups excluding carboxylic acids is 1. The largest absolute Gasteiger partial charge is 0.440 e. The van der Waals surface area contributed by atoms with Gasteiger partial charge in [0.1, 0.15) is 5.76 Å². The summed E-state index contributed by atoms with van der Waals surface area (Å²) >= 11 is 1.60. The molecule has 0 saturated heterocycles. The van der Waals surface area contributed by atoms with Gasteiger partial charge in [0.2, 0.25) is 11.8 Å². The Morgan fingerprint density at radius 1 is 1.50 bits per heavy atom. The monoisotopic (exact) mass is 318 g/mol. The van der Waals surface area contributed by atoms with Gasteiger partial charge in [-0.2, -0.15) is 0 Å². The molecule has 0 aromatic carbocycles. The molecule has 0 atom stereocenters. The highest BCUT2D eigenvalue weighted by Crippen LogP contribution is 2.30. The number of hydrogen-bond acceptors (Lipinski definition) is 4. The highest BCUT2D eigenvalue weighted by atomic mass is 32.1. The van der Waals surface area contributed by atoms with Gasteiger partial charge < -0.3 is 9.32 Å². The second-order valence-corrected chi connectivity index (χ2v) is 6.91. The van der Waals surface area contributed by atoms with Gasteiger partial charge in [0.15, 0.2) is 0 Å². The van der Waals surface area contributed by atoms with Gasteiger partial charge in [-0.25, -0.2) is 4.98 Å². The first-order valence-electron chi connectivity index (χ1n) is 7.95. The fourth-order valence-electron chi connectivity index (χ4n) is 2.55. The average Bonchev–Trinajstić information content (AvgIpc) is 3.00. The molecule has 2 aromatic heterocycles. The molecule has 5 heteroatoms. The molecule has 1 amide bonds. The number of thiophene rings is 1. The Morgan fingerprint density at radius 2 is 2.32 bits per heavy atom. The molecule has 0 aliphatic heterocycles. The van der Waals surface area contributed by atoms with Crippen LogP contribution in [0.2, 0.25) is 0 Å². The number of amides is 1. The van der Waals surface area contributed by atoms with E-state index in [-0.39, 0.29) is 5.91 Å². The van der Waals surface area contributed by atoms with Gasteiger partial charge in [-0.1, -0.05) is 13.0 Å². The quantitative estimate of drug-likeness (QED) is 0.778. The molecule has 2 heterocycles. The maximum atomic E-state index is 12.6. The third-order valence-electron chi connectivity index (χ3n) is 3.97. The molecule has 0 spiro atoms. The van der Waals surface area contributed by atoms with Crippen LogP contribution in [0.25, 0.3) is 10.8 Å². The number of aryl methyl sites for hydroxylation is 1. The van der Waals surface area contributed by atoms with E-state index < -0.39 is 0 Å². The number of carbonyl (C=O) groups is 1. The lowest BCUT2D eigenvalue weighted by Crippen LogP contribution is -2.35. The van der Waals surface area contributed by atoms with E-state index in [0.717, 1.165) is 41.8 Å². The van der Waals surface area contributed by atoms with Crippen molar-refractivity contribution in [1.29, 1.82) is 0 Å². The van der Waals surface area contributed by atoms with Gasteiger partial charge >= 0.3 is 0 Å². The van der Waals surface area contributed by atoms with Crippen LogP contribution in [0.5, 0.6) is 0 Å². The van der Waals surface area contributed by atoms with Crippen molar-refractivity contribution >= 4 is 17.2 Å². The molecule has 2 aromatic rings. The summed E-state index contributed by atoms with van der Waals surface area (Å²) in [6.45, 7) is 5.74. The summed E-state index contributed by atoms with van der Waals surface area (Å²) in [5.74, 6) is 2.26. The van der Waals surface area contributed by atoms with Crippen molar-refractivity contribution in [3.63, 3.8) is 0 Å². The minimum absolute atomic E-state index is 0.169. The van der Waals surface area contributed by atoms with Crippen molar-refractivity contribution in [2.75, 3.05) is 13.1 Å². The number of hydrogen-bond donors (Lipinski definition) is 0. The van der Waals surface area contributed by atoms with E-state index in [9.17, 15) is 4.79 Å². The van der Waals surface area contributed by atoms with Crippen LogP contribution in [0.1, 0.15) is 37.6 Å². The van der Waals surface area contributed by atoms with Crippen molar-refractivity contribution in [2.24, 2.45) is 5.92 Å². The highest BCUT2D eigenvalue weighted by Gasteiger charge is 2.27. The number of oxazole rings is 1. The predicted molar refractivity (Wildman–Crippen MR) is 87.9 cm³/mol. The normalized spacial score (nSPS) is 14.3. The zero-order valence-electron chi connectivity index (χ0n) is 13.2. The molecule has 118 valence electrons. The molecule has 0 unspecified atom stereocenters. The Hall–Kier alpha value is -1.62. The zero-order chi connectivity index (χ0) is 15.5. The first-order chi connectivity index (χ1) is 10.7. The molecule has 1 saturated carbocycles. The molecule has 3 rings (SSSR count). The summed E-state index contributed by atoms with van der Waals surface area (Å²) in [4.78, 5) is 20.1. The Labute approximate surface area is 135 Å². The first kappa shape index (κ1) is 15.3. The van der Waals surface area contributed by atoms with Crippen molar-refractivity contribution in [3.8, 4) is 10.8 Å². The van der Waals surface area contributed by atoms with Crippen LogP contribution in [0.15, 0.2) is 21.9 Å². The van der Waals surface area contributed by atoms with Gasteiger partial charge in [0, 0.05) is 13.1 Å². The minimum Gasteiger partial charge on any atom is -0.440 e. The first-order valence-corrected chi connectivity index (χ1v) is 8.83. The Kier molecular flexibility index (Phi) is 4.62. The van der Waals surface area contributed by atoms with Gasteiger partial charge in [0.25, 0.3) is 0 Å². The molecule has 22 heavy (non-hydrogen) atoms. The fraction of sp³-hybridized carbons (Fsp3) is 0.529.